The van der Waals surface area contributed by atoms with E-state index >= 15 is 0 Å². The molecule has 2 saturated carbocycles. The second-order valence-electron chi connectivity index (χ2n) is 8.35. The van der Waals surface area contributed by atoms with E-state index in [1.807, 2.05) is 13.8 Å². The summed E-state index contributed by atoms with van der Waals surface area (Å²) in [6, 6.07) is 0. The lowest BCUT2D eigenvalue weighted by Gasteiger charge is -2.31. The number of aliphatic carboxylic acids is 1. The number of carboxylic acid groups (broad SMARTS) is 1. The van der Waals surface area contributed by atoms with E-state index in [4.69, 9.17) is 5.11 Å². The minimum absolute atomic E-state index is 0.113. The third kappa shape index (κ3) is 7.43. The van der Waals surface area contributed by atoms with E-state index in [1.165, 1.54) is 7.11 Å². The SMILES string of the molecule is COC(=O)CC[C@@]1(C)CCCCC1=O.C[C@]1(CCC(=O)O)CCCCC1=O. The first-order valence-corrected chi connectivity index (χ1v) is 9.98. The third-order valence-corrected chi connectivity index (χ3v) is 6.11. The minimum atomic E-state index is -0.806. The van der Waals surface area contributed by atoms with Crippen LogP contribution in [0.3, 0.4) is 0 Å². The molecule has 0 spiro atoms. The summed E-state index contributed by atoms with van der Waals surface area (Å²) in [5.74, 6) is -0.461. The van der Waals surface area contributed by atoms with Gasteiger partial charge in [0.05, 0.1) is 7.11 Å². The van der Waals surface area contributed by atoms with Gasteiger partial charge in [0.1, 0.15) is 11.6 Å². The highest BCUT2D eigenvalue weighted by molar-refractivity contribution is 5.86. The van der Waals surface area contributed by atoms with Gasteiger partial charge in [-0.15, -0.1) is 0 Å². The van der Waals surface area contributed by atoms with Crippen molar-refractivity contribution in [1.29, 1.82) is 0 Å². The van der Waals surface area contributed by atoms with Gasteiger partial charge in [-0.25, -0.2) is 0 Å². The first-order valence-electron chi connectivity index (χ1n) is 9.98. The molecular formula is C21H34O6. The van der Waals surface area contributed by atoms with Crippen molar-refractivity contribution in [3.05, 3.63) is 0 Å². The molecule has 2 atom stereocenters. The number of carboxylic acids is 1. The van der Waals surface area contributed by atoms with Crippen LogP contribution in [0.5, 0.6) is 0 Å². The molecule has 2 fully saturated rings. The molecule has 0 aliphatic heterocycles. The van der Waals surface area contributed by atoms with E-state index in [0.29, 0.717) is 37.9 Å². The number of hydrogen-bond donors (Lipinski definition) is 1. The summed E-state index contributed by atoms with van der Waals surface area (Å²) in [4.78, 5) is 44.5. The van der Waals surface area contributed by atoms with Crippen molar-refractivity contribution in [2.75, 3.05) is 7.11 Å². The predicted molar refractivity (Wildman–Crippen MR) is 101 cm³/mol. The van der Waals surface area contributed by atoms with Gasteiger partial charge in [0.15, 0.2) is 0 Å². The van der Waals surface area contributed by atoms with E-state index in [0.717, 1.165) is 38.5 Å². The highest BCUT2D eigenvalue weighted by atomic mass is 16.5. The van der Waals surface area contributed by atoms with Gasteiger partial charge in [-0.2, -0.15) is 0 Å². The molecular weight excluding hydrogens is 348 g/mol. The number of ether oxygens (including phenoxy) is 1. The number of methoxy groups -OCH3 is 1. The summed E-state index contributed by atoms with van der Waals surface area (Å²) >= 11 is 0. The minimum Gasteiger partial charge on any atom is -0.481 e. The van der Waals surface area contributed by atoms with Crippen LogP contribution in [0.1, 0.15) is 90.9 Å². The van der Waals surface area contributed by atoms with Gasteiger partial charge in [-0.1, -0.05) is 26.7 Å². The maximum atomic E-state index is 11.7. The van der Waals surface area contributed by atoms with Gasteiger partial charge in [0.2, 0.25) is 0 Å². The van der Waals surface area contributed by atoms with Crippen LogP contribution in [0.4, 0.5) is 0 Å². The Bertz CT molecular complexity index is 555. The summed E-state index contributed by atoms with van der Waals surface area (Å²) in [6.07, 6.45) is 8.84. The highest BCUT2D eigenvalue weighted by Crippen LogP contribution is 2.37. The number of Topliss-reactive ketones (excluding diaryl/α,β-unsaturated/α-hetero) is 2. The van der Waals surface area contributed by atoms with Crippen LogP contribution < -0.4 is 0 Å². The Morgan fingerprint density at radius 2 is 1.33 bits per heavy atom. The monoisotopic (exact) mass is 382 g/mol. The number of esters is 1. The van der Waals surface area contributed by atoms with Crippen molar-refractivity contribution in [3.8, 4) is 0 Å². The first-order chi connectivity index (χ1) is 12.6. The van der Waals surface area contributed by atoms with Crippen molar-refractivity contribution >= 4 is 23.5 Å². The van der Waals surface area contributed by atoms with Crippen LogP contribution >= 0.6 is 0 Å². The third-order valence-electron chi connectivity index (χ3n) is 6.11. The lowest BCUT2D eigenvalue weighted by Crippen LogP contribution is -2.31. The van der Waals surface area contributed by atoms with Crippen molar-refractivity contribution in [2.24, 2.45) is 10.8 Å². The number of hydrogen-bond acceptors (Lipinski definition) is 5. The van der Waals surface area contributed by atoms with Crippen molar-refractivity contribution < 1.29 is 29.0 Å². The van der Waals surface area contributed by atoms with Crippen LogP contribution in [0, 0.1) is 10.8 Å². The molecule has 0 heterocycles. The molecule has 6 nitrogen and oxygen atoms in total. The molecule has 2 rings (SSSR count). The molecule has 0 unspecified atom stereocenters. The summed E-state index contributed by atoms with van der Waals surface area (Å²) in [7, 11) is 1.38. The van der Waals surface area contributed by atoms with Crippen LogP contribution in [0.25, 0.3) is 0 Å². The quantitative estimate of drug-likeness (QED) is 0.695. The van der Waals surface area contributed by atoms with E-state index in [1.54, 1.807) is 0 Å². The lowest BCUT2D eigenvalue weighted by molar-refractivity contribution is -0.142. The Kier molecular flexibility index (Phi) is 9.13. The zero-order valence-electron chi connectivity index (χ0n) is 17.0. The smallest absolute Gasteiger partial charge is 0.305 e. The Labute approximate surface area is 162 Å². The molecule has 0 bridgehead atoms. The van der Waals surface area contributed by atoms with Crippen molar-refractivity contribution in [2.45, 2.75) is 90.9 Å². The standard InChI is InChI=1S/C11H18O3.C10H16O3/c1-11(8-6-10(13)14-2)7-4-3-5-9(11)12;1-10(7-5-9(12)13)6-3-2-4-8(10)11/h3-8H2,1-2H3;2-7H2,1H3,(H,12,13)/t11-;10-/m11/s1. The lowest BCUT2D eigenvalue weighted by atomic mass is 9.72. The fourth-order valence-corrected chi connectivity index (χ4v) is 3.88. The molecule has 0 aromatic rings. The Morgan fingerprint density at radius 1 is 0.889 bits per heavy atom. The zero-order valence-corrected chi connectivity index (χ0v) is 17.0. The van der Waals surface area contributed by atoms with Gasteiger partial charge in [0.25, 0.3) is 0 Å². The topological polar surface area (TPSA) is 97.7 Å². The van der Waals surface area contributed by atoms with E-state index in [2.05, 4.69) is 4.74 Å². The predicted octanol–water partition coefficient (Wildman–Crippen LogP) is 4.09. The maximum Gasteiger partial charge on any atom is 0.305 e. The molecule has 0 radical (unpaired) electrons. The van der Waals surface area contributed by atoms with Crippen molar-refractivity contribution in [1.82, 2.24) is 0 Å². The van der Waals surface area contributed by atoms with E-state index in [9.17, 15) is 19.2 Å². The molecule has 0 aromatic heterocycles. The van der Waals surface area contributed by atoms with Gasteiger partial charge in [-0.05, 0) is 38.5 Å². The van der Waals surface area contributed by atoms with Crippen LogP contribution in [0.15, 0.2) is 0 Å². The molecule has 0 saturated heterocycles. The van der Waals surface area contributed by atoms with Crippen LogP contribution in [-0.4, -0.2) is 35.7 Å². The molecule has 2 aliphatic carbocycles. The Morgan fingerprint density at radius 3 is 1.70 bits per heavy atom. The number of carbonyl (C=O) groups is 4. The Balaban J connectivity index is 0.000000271. The second kappa shape index (κ2) is 10.6. The zero-order chi connectivity index (χ0) is 20.5. The number of carbonyl (C=O) groups excluding carboxylic acids is 3. The number of ketones is 2. The van der Waals surface area contributed by atoms with Gasteiger partial charge in [0, 0.05) is 36.5 Å². The summed E-state index contributed by atoms with van der Waals surface area (Å²) < 4.78 is 4.57. The average molecular weight is 382 g/mol. The summed E-state index contributed by atoms with van der Waals surface area (Å²) in [5, 5.41) is 8.53. The van der Waals surface area contributed by atoms with Gasteiger partial charge < -0.3 is 9.84 Å². The van der Waals surface area contributed by atoms with Crippen LogP contribution in [0.2, 0.25) is 0 Å². The fraction of sp³-hybridized carbons (Fsp3) is 0.810. The van der Waals surface area contributed by atoms with Gasteiger partial charge >= 0.3 is 11.9 Å². The molecule has 27 heavy (non-hydrogen) atoms. The van der Waals surface area contributed by atoms with Crippen molar-refractivity contribution in [3.63, 3.8) is 0 Å². The average Bonchev–Trinajstić information content (AvgIpc) is 2.64. The molecule has 6 heteroatoms. The normalized spacial score (nSPS) is 28.1. The summed E-state index contributed by atoms with van der Waals surface area (Å²) in [5.41, 5.74) is -0.622. The van der Waals surface area contributed by atoms with Crippen LogP contribution in [-0.2, 0) is 23.9 Å². The number of rotatable bonds is 6. The molecule has 0 aromatic carbocycles. The Hall–Kier alpha value is -1.72. The highest BCUT2D eigenvalue weighted by Gasteiger charge is 2.35. The largest absolute Gasteiger partial charge is 0.481 e. The maximum absolute atomic E-state index is 11.7. The van der Waals surface area contributed by atoms with E-state index in [-0.39, 0.29) is 29.0 Å². The fourth-order valence-electron chi connectivity index (χ4n) is 3.88. The second-order valence-corrected chi connectivity index (χ2v) is 8.35. The molecule has 2 aliphatic rings. The molecule has 1 N–H and O–H groups in total. The molecule has 154 valence electrons. The van der Waals surface area contributed by atoms with Gasteiger partial charge in [-0.3, -0.25) is 19.2 Å². The van der Waals surface area contributed by atoms with E-state index < -0.39 is 5.97 Å². The summed E-state index contributed by atoms with van der Waals surface area (Å²) in [6.45, 7) is 3.87. The first kappa shape index (κ1) is 23.3. The molecule has 0 amide bonds.